The highest BCUT2D eigenvalue weighted by Crippen LogP contribution is 2.54. The summed E-state index contributed by atoms with van der Waals surface area (Å²) >= 11 is 0. The molecule has 1 N–H and O–H groups in total. The van der Waals surface area contributed by atoms with Crippen molar-refractivity contribution in [3.05, 3.63) is 29.3 Å². The van der Waals surface area contributed by atoms with Gasteiger partial charge >= 0.3 is 6.16 Å². The second-order valence-corrected chi connectivity index (χ2v) is 8.72. The molecule has 0 aromatic heterocycles. The summed E-state index contributed by atoms with van der Waals surface area (Å²) in [7, 11) is 0. The minimum absolute atomic E-state index is 0.114. The van der Waals surface area contributed by atoms with Gasteiger partial charge in [0.15, 0.2) is 0 Å². The molecule has 3 aliphatic rings. The minimum Gasteiger partial charge on any atom is -0.457 e. The van der Waals surface area contributed by atoms with E-state index in [9.17, 15) is 4.79 Å². The van der Waals surface area contributed by atoms with Gasteiger partial charge in [0, 0.05) is 11.5 Å². The molecule has 1 aromatic carbocycles. The zero-order chi connectivity index (χ0) is 19.6. The summed E-state index contributed by atoms with van der Waals surface area (Å²) in [6.07, 6.45) is 8.61. The minimum atomic E-state index is -0.661. The molecular formula is C23H33NO4. The Labute approximate surface area is 168 Å². The summed E-state index contributed by atoms with van der Waals surface area (Å²) in [5.41, 5.74) is 3.24. The topological polar surface area (TPSA) is 56.8 Å². The van der Waals surface area contributed by atoms with Crippen LogP contribution in [0.15, 0.2) is 18.2 Å². The van der Waals surface area contributed by atoms with E-state index in [0.717, 1.165) is 37.5 Å². The maximum Gasteiger partial charge on any atom is 0.511 e. The van der Waals surface area contributed by atoms with Crippen molar-refractivity contribution in [2.24, 2.45) is 5.92 Å². The van der Waals surface area contributed by atoms with Crippen LogP contribution in [-0.2, 0) is 21.3 Å². The summed E-state index contributed by atoms with van der Waals surface area (Å²) < 4.78 is 16.1. The zero-order valence-corrected chi connectivity index (χ0v) is 17.2. The molecule has 1 aliphatic heterocycles. The van der Waals surface area contributed by atoms with Crippen molar-refractivity contribution in [2.75, 3.05) is 13.3 Å². The lowest BCUT2D eigenvalue weighted by molar-refractivity contribution is -0.0132. The van der Waals surface area contributed by atoms with Crippen molar-refractivity contribution in [2.45, 2.75) is 82.8 Å². The number of carbonyl (C=O) groups is 1. The third kappa shape index (κ3) is 3.73. The molecule has 2 bridgehead atoms. The van der Waals surface area contributed by atoms with Crippen molar-refractivity contribution in [1.29, 1.82) is 0 Å². The van der Waals surface area contributed by atoms with Crippen molar-refractivity contribution >= 4 is 6.16 Å². The van der Waals surface area contributed by atoms with Gasteiger partial charge in [-0.05, 0) is 74.8 Å². The summed E-state index contributed by atoms with van der Waals surface area (Å²) in [5.74, 6) is 1.52. The Morgan fingerprint density at radius 2 is 2.21 bits per heavy atom. The zero-order valence-electron chi connectivity index (χ0n) is 17.2. The van der Waals surface area contributed by atoms with Gasteiger partial charge in [0.2, 0.25) is 6.79 Å². The third-order valence-corrected chi connectivity index (χ3v) is 7.01. The van der Waals surface area contributed by atoms with Crippen LogP contribution in [0.2, 0.25) is 0 Å². The quantitative estimate of drug-likeness (QED) is 0.566. The Morgan fingerprint density at radius 1 is 1.32 bits per heavy atom. The first-order valence-corrected chi connectivity index (χ1v) is 11.0. The van der Waals surface area contributed by atoms with E-state index in [4.69, 9.17) is 14.2 Å². The molecule has 0 amide bonds. The van der Waals surface area contributed by atoms with Gasteiger partial charge in [-0.1, -0.05) is 32.3 Å². The molecule has 1 heterocycles. The van der Waals surface area contributed by atoms with Crippen molar-refractivity contribution in [3.63, 3.8) is 0 Å². The first-order valence-electron chi connectivity index (χ1n) is 11.0. The molecule has 0 spiro atoms. The van der Waals surface area contributed by atoms with Crippen LogP contribution in [0.25, 0.3) is 0 Å². The molecule has 4 atom stereocenters. The Hall–Kier alpha value is -1.75. The van der Waals surface area contributed by atoms with Crippen LogP contribution in [0.5, 0.6) is 5.75 Å². The second-order valence-electron chi connectivity index (χ2n) is 8.72. The van der Waals surface area contributed by atoms with Gasteiger partial charge in [-0.15, -0.1) is 0 Å². The highest BCUT2D eigenvalue weighted by molar-refractivity contribution is 5.60. The van der Waals surface area contributed by atoms with E-state index >= 15 is 0 Å². The SMILES string of the molecule is CCCC(C)OC(=O)OCOc1ccc2c(c1)[C@]13CCCC[C@@H]1[C@@H](C2)NCC3. The number of piperidine rings is 1. The normalized spacial score (nSPS) is 29.2. The van der Waals surface area contributed by atoms with Gasteiger partial charge in [0.1, 0.15) is 11.9 Å². The average Bonchev–Trinajstić information content (AvgIpc) is 2.68. The fourth-order valence-electron chi connectivity index (χ4n) is 5.80. The summed E-state index contributed by atoms with van der Waals surface area (Å²) in [6, 6.07) is 7.04. The summed E-state index contributed by atoms with van der Waals surface area (Å²) in [5, 5.41) is 3.77. The molecule has 4 rings (SSSR count). The Kier molecular flexibility index (Phi) is 5.81. The molecule has 1 aromatic rings. The first-order chi connectivity index (χ1) is 13.6. The molecule has 28 heavy (non-hydrogen) atoms. The molecule has 2 fully saturated rings. The fourth-order valence-corrected chi connectivity index (χ4v) is 5.80. The number of hydrogen-bond donors (Lipinski definition) is 1. The average molecular weight is 388 g/mol. The number of hydrogen-bond acceptors (Lipinski definition) is 5. The van der Waals surface area contributed by atoms with Crippen LogP contribution >= 0.6 is 0 Å². The van der Waals surface area contributed by atoms with E-state index in [-0.39, 0.29) is 12.9 Å². The standard InChI is InChI=1S/C23H33NO4/c1-3-6-16(2)28-22(25)27-15-26-18-9-8-17-13-21-19-7-4-5-10-23(19,11-12-24-21)20(17)14-18/h8-9,14,16,19,21,24H,3-7,10-13,15H2,1-2H3/t16?,19-,21-,23+/m1/s1. The smallest absolute Gasteiger partial charge is 0.457 e. The summed E-state index contributed by atoms with van der Waals surface area (Å²) in [4.78, 5) is 11.7. The number of carbonyl (C=O) groups excluding carboxylic acids is 1. The van der Waals surface area contributed by atoms with Crippen molar-refractivity contribution in [3.8, 4) is 5.75 Å². The van der Waals surface area contributed by atoms with E-state index in [1.807, 2.05) is 13.0 Å². The van der Waals surface area contributed by atoms with E-state index in [0.29, 0.717) is 11.5 Å². The molecule has 1 saturated carbocycles. The van der Waals surface area contributed by atoms with Crippen molar-refractivity contribution in [1.82, 2.24) is 5.32 Å². The second kappa shape index (κ2) is 8.32. The largest absolute Gasteiger partial charge is 0.511 e. The van der Waals surface area contributed by atoms with Gasteiger partial charge in [0.05, 0.1) is 0 Å². The van der Waals surface area contributed by atoms with Gasteiger partial charge < -0.3 is 19.5 Å². The third-order valence-electron chi connectivity index (χ3n) is 7.01. The molecule has 5 nitrogen and oxygen atoms in total. The number of nitrogens with one attached hydrogen (secondary N) is 1. The maximum absolute atomic E-state index is 11.7. The Bertz CT molecular complexity index is 702. The fraction of sp³-hybridized carbons (Fsp3) is 0.696. The van der Waals surface area contributed by atoms with Crippen LogP contribution in [-0.4, -0.2) is 31.6 Å². The number of ether oxygens (including phenoxy) is 3. The monoisotopic (exact) mass is 387 g/mol. The highest BCUT2D eigenvalue weighted by Gasteiger charge is 2.51. The molecule has 2 aliphatic carbocycles. The molecule has 5 heteroatoms. The van der Waals surface area contributed by atoms with Gasteiger partial charge in [0.25, 0.3) is 0 Å². The van der Waals surface area contributed by atoms with Gasteiger partial charge in [-0.2, -0.15) is 0 Å². The highest BCUT2D eigenvalue weighted by atomic mass is 16.8. The van der Waals surface area contributed by atoms with E-state index in [1.54, 1.807) is 0 Å². The van der Waals surface area contributed by atoms with Crippen LogP contribution in [0.4, 0.5) is 4.79 Å². The summed E-state index contributed by atoms with van der Waals surface area (Å²) in [6.45, 7) is 4.93. The van der Waals surface area contributed by atoms with Crippen LogP contribution in [0.3, 0.4) is 0 Å². The molecule has 1 unspecified atom stereocenters. The van der Waals surface area contributed by atoms with E-state index in [1.165, 1.54) is 43.2 Å². The predicted octanol–water partition coefficient (Wildman–Crippen LogP) is 4.71. The number of rotatable bonds is 6. The lowest BCUT2D eigenvalue weighted by atomic mass is 9.53. The van der Waals surface area contributed by atoms with E-state index in [2.05, 4.69) is 24.4 Å². The molecule has 154 valence electrons. The number of benzene rings is 1. The molecular weight excluding hydrogens is 354 g/mol. The van der Waals surface area contributed by atoms with E-state index < -0.39 is 6.16 Å². The first kappa shape index (κ1) is 19.6. The Balaban J connectivity index is 1.42. The molecule has 0 radical (unpaired) electrons. The Morgan fingerprint density at radius 3 is 3.07 bits per heavy atom. The predicted molar refractivity (Wildman–Crippen MR) is 108 cm³/mol. The van der Waals surface area contributed by atoms with Crippen molar-refractivity contribution < 1.29 is 19.0 Å². The number of fused-ring (bicyclic) bond motifs is 1. The van der Waals surface area contributed by atoms with Crippen LogP contribution < -0.4 is 10.1 Å². The van der Waals surface area contributed by atoms with Crippen LogP contribution in [0, 0.1) is 5.92 Å². The lowest BCUT2D eigenvalue weighted by Crippen LogP contribution is -2.59. The lowest BCUT2D eigenvalue weighted by Gasteiger charge is -2.56. The van der Waals surface area contributed by atoms with Crippen LogP contribution in [0.1, 0.15) is 69.9 Å². The van der Waals surface area contributed by atoms with Gasteiger partial charge in [-0.3, -0.25) is 0 Å². The maximum atomic E-state index is 11.7. The van der Waals surface area contributed by atoms with Gasteiger partial charge in [-0.25, -0.2) is 4.79 Å². The molecule has 1 saturated heterocycles.